The predicted octanol–water partition coefficient (Wildman–Crippen LogP) is 1.53. The Morgan fingerprint density at radius 3 is 2.86 bits per heavy atom. The summed E-state index contributed by atoms with van der Waals surface area (Å²) in [6.45, 7) is 1.77. The number of fused-ring (bicyclic) bond motifs is 2. The van der Waals surface area contributed by atoms with Crippen molar-refractivity contribution in [2.45, 2.75) is 6.92 Å². The predicted molar refractivity (Wildman–Crippen MR) is 101 cm³/mol. The van der Waals surface area contributed by atoms with E-state index in [-0.39, 0.29) is 11.5 Å². The van der Waals surface area contributed by atoms with E-state index in [1.54, 1.807) is 30.8 Å². The maximum absolute atomic E-state index is 13.4. The Morgan fingerprint density at radius 2 is 2.07 bits per heavy atom. The molecule has 0 fully saturated rings. The van der Waals surface area contributed by atoms with Crippen LogP contribution in [0.2, 0.25) is 0 Å². The molecule has 4 aromatic heterocycles. The molecule has 28 heavy (non-hydrogen) atoms. The highest BCUT2D eigenvalue weighted by atomic mass is 16.5. The zero-order valence-electron chi connectivity index (χ0n) is 15.0. The van der Waals surface area contributed by atoms with E-state index >= 15 is 0 Å². The van der Waals surface area contributed by atoms with Crippen molar-refractivity contribution >= 4 is 16.7 Å². The van der Waals surface area contributed by atoms with Gasteiger partial charge < -0.3 is 4.74 Å². The van der Waals surface area contributed by atoms with Gasteiger partial charge in [-0.15, -0.1) is 5.10 Å². The molecule has 0 saturated heterocycles. The van der Waals surface area contributed by atoms with Crippen LogP contribution in [-0.4, -0.2) is 46.4 Å². The molecule has 10 nitrogen and oxygen atoms in total. The molecule has 0 atom stereocenters. The van der Waals surface area contributed by atoms with E-state index in [0.717, 1.165) is 5.56 Å². The number of rotatable bonds is 3. The van der Waals surface area contributed by atoms with Crippen LogP contribution in [0.1, 0.15) is 5.82 Å². The van der Waals surface area contributed by atoms with Crippen molar-refractivity contribution in [1.82, 2.24) is 39.3 Å². The van der Waals surface area contributed by atoms with E-state index in [0.29, 0.717) is 33.9 Å². The molecule has 0 saturated carbocycles. The van der Waals surface area contributed by atoms with E-state index in [4.69, 9.17) is 4.74 Å². The monoisotopic (exact) mass is 374 g/mol. The fraction of sp³-hybridized carbons (Fsp3) is 0.111. The van der Waals surface area contributed by atoms with Crippen LogP contribution in [0.5, 0.6) is 5.75 Å². The van der Waals surface area contributed by atoms with Crippen molar-refractivity contribution in [3.05, 3.63) is 59.0 Å². The first kappa shape index (κ1) is 16.1. The van der Waals surface area contributed by atoms with Crippen molar-refractivity contribution in [3.8, 4) is 23.0 Å². The molecule has 0 aliphatic rings. The van der Waals surface area contributed by atoms with Gasteiger partial charge in [-0.1, -0.05) is 12.1 Å². The second-order valence-electron chi connectivity index (χ2n) is 6.14. The highest BCUT2D eigenvalue weighted by Gasteiger charge is 2.19. The minimum Gasteiger partial charge on any atom is -0.497 e. The molecule has 0 spiro atoms. The fourth-order valence-electron chi connectivity index (χ4n) is 3.16. The zero-order chi connectivity index (χ0) is 19.3. The number of nitrogens with zero attached hydrogens (tertiary/aromatic N) is 7. The van der Waals surface area contributed by atoms with Gasteiger partial charge >= 0.3 is 0 Å². The number of ether oxygens (including phenoxy) is 1. The number of benzene rings is 1. The number of H-pyrrole nitrogens is 1. The quantitative estimate of drug-likeness (QED) is 0.509. The van der Waals surface area contributed by atoms with Crippen molar-refractivity contribution in [1.29, 1.82) is 0 Å². The van der Waals surface area contributed by atoms with Crippen LogP contribution in [0, 0.1) is 6.92 Å². The van der Waals surface area contributed by atoms with Crippen LogP contribution < -0.4 is 10.3 Å². The lowest BCUT2D eigenvalue weighted by Gasteiger charge is -2.11. The number of nitrogens with one attached hydrogen (secondary N) is 1. The Kier molecular flexibility index (Phi) is 3.44. The molecule has 0 bridgehead atoms. The molecule has 1 N–H and O–H groups in total. The molecule has 4 heterocycles. The number of pyridine rings is 1. The largest absolute Gasteiger partial charge is 0.497 e. The van der Waals surface area contributed by atoms with Gasteiger partial charge in [-0.25, -0.2) is 9.55 Å². The Morgan fingerprint density at radius 1 is 1.18 bits per heavy atom. The van der Waals surface area contributed by atoms with Gasteiger partial charge in [0.15, 0.2) is 0 Å². The van der Waals surface area contributed by atoms with Crippen molar-refractivity contribution < 1.29 is 4.74 Å². The molecule has 0 radical (unpaired) electrons. The lowest BCUT2D eigenvalue weighted by atomic mass is 10.1. The number of aryl methyl sites for hydroxylation is 1. The topological polar surface area (TPSA) is 116 Å². The number of methoxy groups -OCH3 is 1. The molecule has 0 aliphatic heterocycles. The van der Waals surface area contributed by atoms with Crippen LogP contribution in [0.3, 0.4) is 0 Å². The van der Waals surface area contributed by atoms with Gasteiger partial charge in [0.2, 0.25) is 0 Å². The van der Waals surface area contributed by atoms with Crippen LogP contribution >= 0.6 is 0 Å². The summed E-state index contributed by atoms with van der Waals surface area (Å²) in [5, 5.41) is 11.5. The molecule has 0 aliphatic carbocycles. The summed E-state index contributed by atoms with van der Waals surface area (Å²) in [5.74, 6) is 1.94. The Balaban J connectivity index is 1.92. The molecule has 138 valence electrons. The molecule has 0 amide bonds. The van der Waals surface area contributed by atoms with E-state index in [1.807, 2.05) is 24.3 Å². The van der Waals surface area contributed by atoms with Gasteiger partial charge in [0.1, 0.15) is 17.9 Å². The summed E-state index contributed by atoms with van der Waals surface area (Å²) in [6, 6.07) is 9.14. The van der Waals surface area contributed by atoms with E-state index in [2.05, 4.69) is 30.2 Å². The average Bonchev–Trinajstić information content (AvgIpc) is 3.35. The molecule has 0 unspecified atom stereocenters. The van der Waals surface area contributed by atoms with E-state index < -0.39 is 0 Å². The second-order valence-corrected chi connectivity index (χ2v) is 6.14. The van der Waals surface area contributed by atoms with Crippen molar-refractivity contribution in [3.63, 3.8) is 0 Å². The van der Waals surface area contributed by atoms with Crippen molar-refractivity contribution in [2.75, 3.05) is 7.11 Å². The molecule has 5 rings (SSSR count). The normalized spacial score (nSPS) is 11.4. The smallest absolute Gasteiger partial charge is 0.269 e. The third-order valence-electron chi connectivity index (χ3n) is 4.41. The minimum absolute atomic E-state index is 0.264. The Bertz CT molecular complexity index is 1400. The highest BCUT2D eigenvalue weighted by Crippen LogP contribution is 2.28. The molecular weight excluding hydrogens is 360 g/mol. The number of hydrogen-bond acceptors (Lipinski definition) is 7. The van der Waals surface area contributed by atoms with Gasteiger partial charge in [0, 0.05) is 11.8 Å². The first-order valence-electron chi connectivity index (χ1n) is 8.44. The zero-order valence-corrected chi connectivity index (χ0v) is 15.0. The number of aromatic amines is 1. The summed E-state index contributed by atoms with van der Waals surface area (Å²) in [6.07, 6.45) is 3.00. The van der Waals surface area contributed by atoms with Crippen molar-refractivity contribution in [2.24, 2.45) is 0 Å². The van der Waals surface area contributed by atoms with Crippen LogP contribution in [-0.2, 0) is 0 Å². The second kappa shape index (κ2) is 5.98. The summed E-state index contributed by atoms with van der Waals surface area (Å²) in [4.78, 5) is 26.3. The lowest BCUT2D eigenvalue weighted by molar-refractivity contribution is 0.415. The fourth-order valence-corrected chi connectivity index (χ4v) is 3.16. The maximum atomic E-state index is 13.4. The lowest BCUT2D eigenvalue weighted by Crippen LogP contribution is -2.21. The van der Waals surface area contributed by atoms with Gasteiger partial charge in [0.05, 0.1) is 23.7 Å². The van der Waals surface area contributed by atoms with Gasteiger partial charge in [-0.2, -0.15) is 19.6 Å². The molecule has 5 aromatic rings. The van der Waals surface area contributed by atoms with Gasteiger partial charge in [0.25, 0.3) is 17.3 Å². The van der Waals surface area contributed by atoms with Gasteiger partial charge in [-0.3, -0.25) is 9.89 Å². The standard InChI is InChI=1S/C18H14N8O2/c1-10-21-18(24-23-10)25-7-6-13-14(16(25)27)15(26-17(22-13)19-9-20-26)11-4-3-5-12(8-11)28-2/h3-9H,1-2H3,(H,21,23,24). The highest BCUT2D eigenvalue weighted by molar-refractivity contribution is 5.93. The summed E-state index contributed by atoms with van der Waals surface area (Å²) >= 11 is 0. The summed E-state index contributed by atoms with van der Waals surface area (Å²) in [5.41, 5.74) is 1.53. The average molecular weight is 374 g/mol. The third kappa shape index (κ3) is 2.35. The first-order chi connectivity index (χ1) is 13.7. The SMILES string of the molecule is COc1cccc(-c2c3c(=O)n(-c4n[nH]c(C)n4)ccc3nc3ncnn23)c1. The summed E-state index contributed by atoms with van der Waals surface area (Å²) in [7, 11) is 1.59. The molecule has 10 heteroatoms. The minimum atomic E-state index is -0.306. The Hall–Kier alpha value is -4.08. The van der Waals surface area contributed by atoms with E-state index in [9.17, 15) is 4.79 Å². The number of aromatic nitrogens is 8. The molecular formula is C18H14N8O2. The van der Waals surface area contributed by atoms with Crippen LogP contribution in [0.4, 0.5) is 0 Å². The number of hydrogen-bond donors (Lipinski definition) is 1. The first-order valence-corrected chi connectivity index (χ1v) is 8.44. The Labute approximate surface area is 157 Å². The maximum Gasteiger partial charge on any atom is 0.269 e. The van der Waals surface area contributed by atoms with Crippen LogP contribution in [0.25, 0.3) is 33.9 Å². The van der Waals surface area contributed by atoms with Gasteiger partial charge in [-0.05, 0) is 25.1 Å². The molecule has 1 aromatic carbocycles. The third-order valence-corrected chi connectivity index (χ3v) is 4.41. The summed E-state index contributed by atoms with van der Waals surface area (Å²) < 4.78 is 8.26. The van der Waals surface area contributed by atoms with Crippen LogP contribution in [0.15, 0.2) is 47.7 Å². The van der Waals surface area contributed by atoms with E-state index in [1.165, 1.54) is 10.9 Å².